The molecule has 0 aliphatic carbocycles. The molecule has 1 heterocycles. The number of hydrogen-bond acceptors (Lipinski definition) is 4. The average molecular weight is 387 g/mol. The van der Waals surface area contributed by atoms with E-state index in [0.29, 0.717) is 15.9 Å². The molecule has 0 saturated carbocycles. The van der Waals surface area contributed by atoms with Gasteiger partial charge >= 0.3 is 0 Å². The molecule has 134 valence electrons. The van der Waals surface area contributed by atoms with Crippen LogP contribution in [0, 0.1) is 0 Å². The summed E-state index contributed by atoms with van der Waals surface area (Å²) in [5, 5.41) is 12.3. The highest BCUT2D eigenvalue weighted by molar-refractivity contribution is 8.00. The second kappa shape index (κ2) is 8.38. The minimum atomic E-state index is -0.343. The molecule has 0 fully saturated rings. The largest absolute Gasteiger partial charge is 0.324 e. The normalized spacial score (nSPS) is 12.0. The number of thioether (sulfide) groups is 1. The quantitative estimate of drug-likeness (QED) is 0.622. The first-order valence-electron chi connectivity index (χ1n) is 8.30. The van der Waals surface area contributed by atoms with Crippen molar-refractivity contribution in [2.24, 2.45) is 0 Å². The van der Waals surface area contributed by atoms with Gasteiger partial charge in [0.15, 0.2) is 11.0 Å². The van der Waals surface area contributed by atoms with E-state index < -0.39 is 0 Å². The van der Waals surface area contributed by atoms with Gasteiger partial charge in [-0.1, -0.05) is 65.8 Å². The molecule has 2 aromatic carbocycles. The number of carbonyl (C=O) groups is 1. The van der Waals surface area contributed by atoms with E-state index >= 15 is 0 Å². The Hall–Kier alpha value is -2.31. The topological polar surface area (TPSA) is 59.8 Å². The summed E-state index contributed by atoms with van der Waals surface area (Å²) >= 11 is 7.48. The van der Waals surface area contributed by atoms with Crippen LogP contribution in [0.4, 0.5) is 5.69 Å². The van der Waals surface area contributed by atoms with Gasteiger partial charge in [-0.25, -0.2) is 0 Å². The van der Waals surface area contributed by atoms with Crippen LogP contribution in [0.15, 0.2) is 59.8 Å². The smallest absolute Gasteiger partial charge is 0.237 e. The lowest BCUT2D eigenvalue weighted by Gasteiger charge is -2.13. The minimum Gasteiger partial charge on any atom is -0.324 e. The fraction of sp³-hybridized carbons (Fsp3) is 0.211. The number of benzene rings is 2. The van der Waals surface area contributed by atoms with Gasteiger partial charge in [0.05, 0.1) is 16.0 Å². The highest BCUT2D eigenvalue weighted by Gasteiger charge is 2.20. The third-order valence-corrected chi connectivity index (χ3v) is 5.26. The van der Waals surface area contributed by atoms with E-state index in [1.165, 1.54) is 11.8 Å². The Morgan fingerprint density at radius 2 is 1.85 bits per heavy atom. The Bertz CT molecular complexity index is 898. The highest BCUT2D eigenvalue weighted by Crippen LogP contribution is 2.28. The number of rotatable bonds is 6. The Labute approximate surface area is 161 Å². The lowest BCUT2D eigenvalue weighted by molar-refractivity contribution is -0.115. The number of aromatic nitrogens is 3. The summed E-state index contributed by atoms with van der Waals surface area (Å²) in [4.78, 5) is 12.5. The molecular formula is C19H19ClN4OS. The zero-order valence-corrected chi connectivity index (χ0v) is 16.1. The molecular weight excluding hydrogens is 368 g/mol. The van der Waals surface area contributed by atoms with Crippen molar-refractivity contribution in [2.75, 3.05) is 5.32 Å². The average Bonchev–Trinajstić information content (AvgIpc) is 3.06. The first-order chi connectivity index (χ1) is 12.6. The van der Waals surface area contributed by atoms with Gasteiger partial charge < -0.3 is 9.88 Å². The molecule has 3 rings (SSSR count). The Morgan fingerprint density at radius 3 is 2.54 bits per heavy atom. The van der Waals surface area contributed by atoms with Crippen LogP contribution in [0.1, 0.15) is 13.8 Å². The van der Waals surface area contributed by atoms with Crippen molar-refractivity contribution >= 4 is 35.0 Å². The van der Waals surface area contributed by atoms with Gasteiger partial charge in [-0.05, 0) is 26.0 Å². The SMILES string of the molecule is CCn1c(SC(C)C(=O)Nc2ccccc2Cl)nnc1-c1ccccc1. The van der Waals surface area contributed by atoms with Gasteiger partial charge in [0.25, 0.3) is 0 Å². The van der Waals surface area contributed by atoms with Crippen LogP contribution in [0.3, 0.4) is 0 Å². The number of anilines is 1. The van der Waals surface area contributed by atoms with Gasteiger partial charge in [0.2, 0.25) is 5.91 Å². The van der Waals surface area contributed by atoms with Gasteiger partial charge in [-0.2, -0.15) is 0 Å². The zero-order valence-electron chi connectivity index (χ0n) is 14.5. The molecule has 7 heteroatoms. The summed E-state index contributed by atoms with van der Waals surface area (Å²) in [6.07, 6.45) is 0. The molecule has 0 radical (unpaired) electrons. The lowest BCUT2D eigenvalue weighted by atomic mass is 10.2. The van der Waals surface area contributed by atoms with E-state index in [1.807, 2.05) is 60.9 Å². The van der Waals surface area contributed by atoms with E-state index in [2.05, 4.69) is 15.5 Å². The van der Waals surface area contributed by atoms with Crippen LogP contribution in [0.2, 0.25) is 5.02 Å². The first-order valence-corrected chi connectivity index (χ1v) is 9.56. The van der Waals surface area contributed by atoms with Crippen molar-refractivity contribution < 1.29 is 4.79 Å². The summed E-state index contributed by atoms with van der Waals surface area (Å²) in [6, 6.07) is 17.1. The lowest BCUT2D eigenvalue weighted by Crippen LogP contribution is -2.23. The summed E-state index contributed by atoms with van der Waals surface area (Å²) in [5.41, 5.74) is 1.61. The number of nitrogens with one attached hydrogen (secondary N) is 1. The van der Waals surface area contributed by atoms with Crippen molar-refractivity contribution in [1.82, 2.24) is 14.8 Å². The van der Waals surface area contributed by atoms with Gasteiger partial charge in [-0.15, -0.1) is 10.2 Å². The number of hydrogen-bond donors (Lipinski definition) is 1. The molecule has 0 aliphatic heterocycles. The van der Waals surface area contributed by atoms with Crippen LogP contribution in [-0.2, 0) is 11.3 Å². The maximum Gasteiger partial charge on any atom is 0.237 e. The second-order valence-electron chi connectivity index (χ2n) is 5.65. The fourth-order valence-electron chi connectivity index (χ4n) is 2.47. The molecule has 26 heavy (non-hydrogen) atoms. The number of nitrogens with zero attached hydrogens (tertiary/aromatic N) is 3. The summed E-state index contributed by atoms with van der Waals surface area (Å²) in [7, 11) is 0. The van der Waals surface area contributed by atoms with E-state index in [4.69, 9.17) is 11.6 Å². The van der Waals surface area contributed by atoms with E-state index in [1.54, 1.807) is 12.1 Å². The van der Waals surface area contributed by atoms with Crippen molar-refractivity contribution in [2.45, 2.75) is 30.8 Å². The molecule has 0 saturated heterocycles. The van der Waals surface area contributed by atoms with Crippen LogP contribution >= 0.6 is 23.4 Å². The maximum atomic E-state index is 12.5. The third kappa shape index (κ3) is 4.08. The van der Waals surface area contributed by atoms with Crippen LogP contribution in [0.5, 0.6) is 0 Å². The molecule has 0 aliphatic rings. The monoisotopic (exact) mass is 386 g/mol. The molecule has 1 aromatic heterocycles. The molecule has 1 unspecified atom stereocenters. The molecule has 1 atom stereocenters. The molecule has 5 nitrogen and oxygen atoms in total. The second-order valence-corrected chi connectivity index (χ2v) is 7.36. The molecule has 3 aromatic rings. The molecule has 0 spiro atoms. The van der Waals surface area contributed by atoms with Crippen molar-refractivity contribution in [3.8, 4) is 11.4 Å². The van der Waals surface area contributed by atoms with E-state index in [9.17, 15) is 4.79 Å². The van der Waals surface area contributed by atoms with E-state index in [-0.39, 0.29) is 11.2 Å². The fourth-order valence-corrected chi connectivity index (χ4v) is 3.57. The Kier molecular flexibility index (Phi) is 5.96. The summed E-state index contributed by atoms with van der Waals surface area (Å²) < 4.78 is 2.01. The van der Waals surface area contributed by atoms with Crippen molar-refractivity contribution in [3.63, 3.8) is 0 Å². The number of para-hydroxylation sites is 1. The van der Waals surface area contributed by atoms with Crippen molar-refractivity contribution in [1.29, 1.82) is 0 Å². The third-order valence-electron chi connectivity index (χ3n) is 3.85. The maximum absolute atomic E-state index is 12.5. The number of carbonyl (C=O) groups excluding carboxylic acids is 1. The molecule has 1 N–H and O–H groups in total. The number of halogens is 1. The summed E-state index contributed by atoms with van der Waals surface area (Å²) in [5.74, 6) is 0.671. The molecule has 0 bridgehead atoms. The van der Waals surface area contributed by atoms with Crippen LogP contribution in [0.25, 0.3) is 11.4 Å². The minimum absolute atomic E-state index is 0.130. The van der Waals surface area contributed by atoms with Gasteiger partial charge in [0.1, 0.15) is 0 Å². The standard InChI is InChI=1S/C19H19ClN4OS/c1-3-24-17(14-9-5-4-6-10-14)22-23-19(24)26-13(2)18(25)21-16-12-8-7-11-15(16)20/h4-13H,3H2,1-2H3,(H,21,25). The number of amides is 1. The predicted octanol–water partition coefficient (Wildman–Crippen LogP) is 4.74. The molecule has 1 amide bonds. The van der Waals surface area contributed by atoms with Gasteiger partial charge in [0, 0.05) is 12.1 Å². The highest BCUT2D eigenvalue weighted by atomic mass is 35.5. The zero-order chi connectivity index (χ0) is 18.5. The predicted molar refractivity (Wildman–Crippen MR) is 107 cm³/mol. The Balaban J connectivity index is 1.75. The van der Waals surface area contributed by atoms with E-state index in [0.717, 1.165) is 17.9 Å². The first kappa shape index (κ1) is 18.5. The summed E-state index contributed by atoms with van der Waals surface area (Å²) in [6.45, 7) is 4.60. The van der Waals surface area contributed by atoms with Crippen LogP contribution in [-0.4, -0.2) is 25.9 Å². The van der Waals surface area contributed by atoms with Crippen LogP contribution < -0.4 is 5.32 Å². The van der Waals surface area contributed by atoms with Gasteiger partial charge in [-0.3, -0.25) is 4.79 Å². The van der Waals surface area contributed by atoms with Crippen molar-refractivity contribution in [3.05, 3.63) is 59.6 Å². The Morgan fingerprint density at radius 1 is 1.15 bits per heavy atom.